The van der Waals surface area contributed by atoms with Gasteiger partial charge in [0.25, 0.3) is 0 Å². The zero-order valence-electron chi connectivity index (χ0n) is 14.7. The first kappa shape index (κ1) is 18.4. The summed E-state index contributed by atoms with van der Waals surface area (Å²) in [7, 11) is 1.60. The largest absolute Gasteiger partial charge is 0.481 e. The lowest BCUT2D eigenvalue weighted by Gasteiger charge is -2.16. The number of ether oxygens (including phenoxy) is 1. The molecule has 3 aromatic rings. The van der Waals surface area contributed by atoms with Crippen LogP contribution in [0.4, 0.5) is 0 Å². The number of carboxylic acid groups (broad SMARTS) is 1. The maximum atomic E-state index is 11.2. The number of pyridine rings is 1. The van der Waals surface area contributed by atoms with Crippen molar-refractivity contribution in [2.45, 2.75) is 32.8 Å². The van der Waals surface area contributed by atoms with Crippen LogP contribution in [0.3, 0.4) is 0 Å². The maximum Gasteiger partial charge on any atom is 0.303 e. The molecule has 0 amide bonds. The highest BCUT2D eigenvalue weighted by Crippen LogP contribution is 2.33. The van der Waals surface area contributed by atoms with E-state index in [9.17, 15) is 4.79 Å². The van der Waals surface area contributed by atoms with Crippen LogP contribution in [0, 0.1) is 0 Å². The third-order valence-corrected chi connectivity index (χ3v) is 4.49. The molecule has 1 N–H and O–H groups in total. The number of aryl methyl sites for hydroxylation is 1. The van der Waals surface area contributed by atoms with E-state index in [2.05, 4.69) is 11.9 Å². The van der Waals surface area contributed by atoms with Gasteiger partial charge in [-0.05, 0) is 36.6 Å². The van der Waals surface area contributed by atoms with E-state index in [1.54, 1.807) is 19.5 Å². The quantitative estimate of drug-likeness (QED) is 0.682. The smallest absolute Gasteiger partial charge is 0.303 e. The van der Waals surface area contributed by atoms with Crippen molar-refractivity contribution in [2.24, 2.45) is 0 Å². The summed E-state index contributed by atoms with van der Waals surface area (Å²) in [6, 6.07) is 5.87. The first-order valence-electron chi connectivity index (χ1n) is 8.39. The number of hydrogen-bond donors (Lipinski definition) is 1. The second-order valence-corrected chi connectivity index (χ2v) is 6.43. The first-order valence-corrected chi connectivity index (χ1v) is 8.77. The van der Waals surface area contributed by atoms with Gasteiger partial charge in [0, 0.05) is 42.7 Å². The summed E-state index contributed by atoms with van der Waals surface area (Å²) in [5.41, 5.74) is 5.30. The van der Waals surface area contributed by atoms with Gasteiger partial charge in [-0.3, -0.25) is 9.78 Å². The van der Waals surface area contributed by atoms with E-state index in [4.69, 9.17) is 26.5 Å². The van der Waals surface area contributed by atoms with Crippen LogP contribution in [0.1, 0.15) is 30.3 Å². The van der Waals surface area contributed by atoms with E-state index in [0.29, 0.717) is 18.1 Å². The number of halogens is 1. The molecule has 0 saturated heterocycles. The van der Waals surface area contributed by atoms with Crippen molar-refractivity contribution in [1.29, 1.82) is 0 Å². The van der Waals surface area contributed by atoms with Crippen molar-refractivity contribution in [3.63, 3.8) is 0 Å². The van der Waals surface area contributed by atoms with Crippen molar-refractivity contribution < 1.29 is 14.6 Å². The van der Waals surface area contributed by atoms with Crippen LogP contribution in [-0.2, 0) is 29.0 Å². The van der Waals surface area contributed by atoms with Crippen molar-refractivity contribution in [2.75, 3.05) is 7.11 Å². The van der Waals surface area contributed by atoms with Crippen molar-refractivity contribution in [1.82, 2.24) is 14.6 Å². The second-order valence-electron chi connectivity index (χ2n) is 5.99. The van der Waals surface area contributed by atoms with Crippen LogP contribution in [0.25, 0.3) is 16.6 Å². The summed E-state index contributed by atoms with van der Waals surface area (Å²) in [6.45, 7) is 2.37. The van der Waals surface area contributed by atoms with E-state index in [0.717, 1.165) is 40.0 Å². The highest BCUT2D eigenvalue weighted by Gasteiger charge is 2.19. The topological polar surface area (TPSA) is 76.7 Å². The Balaban J connectivity index is 2.33. The lowest BCUT2D eigenvalue weighted by atomic mass is 9.96. The Labute approximate surface area is 156 Å². The predicted molar refractivity (Wildman–Crippen MR) is 99.5 cm³/mol. The zero-order valence-corrected chi connectivity index (χ0v) is 15.5. The minimum atomic E-state index is -0.854. The monoisotopic (exact) mass is 373 g/mol. The molecule has 0 atom stereocenters. The van der Waals surface area contributed by atoms with Crippen LogP contribution >= 0.6 is 11.6 Å². The van der Waals surface area contributed by atoms with E-state index in [1.807, 2.05) is 22.7 Å². The van der Waals surface area contributed by atoms with Gasteiger partial charge in [-0.2, -0.15) is 5.10 Å². The van der Waals surface area contributed by atoms with Crippen LogP contribution in [0.15, 0.2) is 30.6 Å². The first-order chi connectivity index (χ1) is 12.5. The van der Waals surface area contributed by atoms with Crippen LogP contribution in [-0.4, -0.2) is 32.8 Å². The Morgan fingerprint density at radius 2 is 2.15 bits per heavy atom. The Morgan fingerprint density at radius 3 is 2.81 bits per heavy atom. The van der Waals surface area contributed by atoms with Gasteiger partial charge in [-0.15, -0.1) is 0 Å². The van der Waals surface area contributed by atoms with Crippen LogP contribution in [0.2, 0.25) is 5.02 Å². The van der Waals surface area contributed by atoms with E-state index in [-0.39, 0.29) is 6.42 Å². The summed E-state index contributed by atoms with van der Waals surface area (Å²) >= 11 is 6.16. The summed E-state index contributed by atoms with van der Waals surface area (Å²) in [4.78, 5) is 15.4. The van der Waals surface area contributed by atoms with E-state index in [1.165, 1.54) is 0 Å². The van der Waals surface area contributed by atoms with Gasteiger partial charge in [0.2, 0.25) is 0 Å². The number of fused-ring (bicyclic) bond motifs is 1. The number of carbonyl (C=O) groups is 1. The predicted octanol–water partition coefficient (Wildman–Crippen LogP) is 3.78. The third-order valence-electron chi connectivity index (χ3n) is 4.29. The Kier molecular flexibility index (Phi) is 5.54. The summed E-state index contributed by atoms with van der Waals surface area (Å²) < 4.78 is 7.22. The average Bonchev–Trinajstić information content (AvgIpc) is 3.02. The number of rotatable bonds is 7. The number of aromatic nitrogens is 3. The van der Waals surface area contributed by atoms with Gasteiger partial charge in [-0.25, -0.2) is 4.52 Å². The molecule has 0 spiro atoms. The lowest BCUT2D eigenvalue weighted by Crippen LogP contribution is -2.11. The molecule has 0 aliphatic rings. The van der Waals surface area contributed by atoms with E-state index < -0.39 is 5.97 Å². The molecule has 0 unspecified atom stereocenters. The van der Waals surface area contributed by atoms with Gasteiger partial charge in [0.15, 0.2) is 0 Å². The lowest BCUT2D eigenvalue weighted by molar-refractivity contribution is -0.136. The van der Waals surface area contributed by atoms with Crippen molar-refractivity contribution >= 4 is 23.1 Å². The molecule has 3 heterocycles. The number of aliphatic carboxylic acids is 1. The van der Waals surface area contributed by atoms with Gasteiger partial charge in [0.05, 0.1) is 22.8 Å². The fourth-order valence-corrected chi connectivity index (χ4v) is 3.32. The minimum Gasteiger partial charge on any atom is -0.481 e. The number of methoxy groups -OCH3 is 1. The molecule has 6 nitrogen and oxygen atoms in total. The number of nitrogens with zero attached hydrogens (tertiary/aromatic N) is 3. The molecule has 3 aromatic heterocycles. The molecule has 0 fully saturated rings. The summed E-state index contributed by atoms with van der Waals surface area (Å²) in [6.07, 6.45) is 4.50. The highest BCUT2D eigenvalue weighted by molar-refractivity contribution is 6.30. The molecule has 0 radical (unpaired) electrons. The van der Waals surface area contributed by atoms with Gasteiger partial charge in [-0.1, -0.05) is 18.5 Å². The molecule has 0 aliphatic carbocycles. The molecule has 136 valence electrons. The van der Waals surface area contributed by atoms with Crippen LogP contribution in [0.5, 0.6) is 0 Å². The standard InChI is InChI=1S/C19H20ClN3O3/c1-3-14-4-6-17-19(12-8-13(20)10-21-9-12)15(5-7-18(24)25)16(11-26-2)22-23(14)17/h4,6,8-10H,3,5,7,11H2,1-2H3,(H,24,25). The minimum absolute atomic E-state index is 0.0108. The fourth-order valence-electron chi connectivity index (χ4n) is 3.15. The Morgan fingerprint density at radius 1 is 1.35 bits per heavy atom. The van der Waals surface area contributed by atoms with Gasteiger partial charge >= 0.3 is 5.97 Å². The van der Waals surface area contributed by atoms with Gasteiger partial charge in [0.1, 0.15) is 0 Å². The highest BCUT2D eigenvalue weighted by atomic mass is 35.5. The molecular weight excluding hydrogens is 354 g/mol. The number of carboxylic acids is 1. The molecular formula is C19H20ClN3O3. The summed E-state index contributed by atoms with van der Waals surface area (Å²) in [5.74, 6) is -0.854. The molecule has 7 heteroatoms. The second kappa shape index (κ2) is 7.85. The Bertz CT molecular complexity index is 953. The molecule has 0 aliphatic heterocycles. The SMILES string of the molecule is CCc1ccc2c(-c3cncc(Cl)c3)c(CCC(=O)O)c(COC)nn12. The molecule has 0 aromatic carbocycles. The van der Waals surface area contributed by atoms with Crippen LogP contribution < -0.4 is 0 Å². The van der Waals surface area contributed by atoms with Crippen molar-refractivity contribution in [3.8, 4) is 11.1 Å². The Hall–Kier alpha value is -2.44. The summed E-state index contributed by atoms with van der Waals surface area (Å²) in [5, 5.41) is 14.4. The molecule has 3 rings (SSSR count). The zero-order chi connectivity index (χ0) is 18.7. The molecule has 0 bridgehead atoms. The average molecular weight is 374 g/mol. The number of hydrogen-bond acceptors (Lipinski definition) is 4. The normalized spacial score (nSPS) is 11.2. The fraction of sp³-hybridized carbons (Fsp3) is 0.316. The molecule has 0 saturated carbocycles. The third kappa shape index (κ3) is 3.57. The maximum absolute atomic E-state index is 11.2. The van der Waals surface area contributed by atoms with Gasteiger partial charge < -0.3 is 9.84 Å². The molecule has 26 heavy (non-hydrogen) atoms. The van der Waals surface area contributed by atoms with E-state index >= 15 is 0 Å². The van der Waals surface area contributed by atoms with Crippen molar-refractivity contribution in [3.05, 3.63) is 52.6 Å².